The van der Waals surface area contributed by atoms with E-state index in [1.807, 2.05) is 0 Å². The van der Waals surface area contributed by atoms with E-state index in [-0.39, 0.29) is 72.8 Å². The van der Waals surface area contributed by atoms with Crippen LogP contribution in [0.25, 0.3) is 16.5 Å². The van der Waals surface area contributed by atoms with Crippen LogP contribution in [0.1, 0.15) is 35.6 Å². The number of terminal acetylenes is 1. The molecule has 2 aliphatic heterocycles. The molecule has 1 aromatic heterocycles. The minimum atomic E-state index is -2.99. The average molecular weight is 645 g/mol. The van der Waals surface area contributed by atoms with Gasteiger partial charge in [0, 0.05) is 42.2 Å². The molecule has 2 atom stereocenters. The Bertz CT molecular complexity index is 1790. The van der Waals surface area contributed by atoms with E-state index in [1.54, 1.807) is 30.8 Å². The highest BCUT2D eigenvalue weighted by Gasteiger charge is 2.71. The van der Waals surface area contributed by atoms with Crippen LogP contribution in [0.5, 0.6) is 6.01 Å². The highest BCUT2D eigenvalue weighted by Crippen LogP contribution is 2.60. The molecular formula is C32H33F5N6O3. The quantitative estimate of drug-likeness (QED) is 0.227. The molecule has 1 saturated heterocycles. The van der Waals surface area contributed by atoms with E-state index in [4.69, 9.17) is 21.7 Å². The van der Waals surface area contributed by atoms with E-state index in [0.29, 0.717) is 5.56 Å². The zero-order valence-corrected chi connectivity index (χ0v) is 25.5. The number of benzene rings is 2. The Labute approximate surface area is 262 Å². The van der Waals surface area contributed by atoms with Crippen molar-refractivity contribution in [2.45, 2.75) is 31.4 Å². The molecule has 0 bridgehead atoms. The molecule has 1 aliphatic carbocycles. The number of hydrogen-bond acceptors (Lipinski definition) is 9. The fraction of sp³-hybridized carbons (Fsp3) is 0.438. The highest BCUT2D eigenvalue weighted by molar-refractivity contribution is 5.95. The van der Waals surface area contributed by atoms with Crippen molar-refractivity contribution in [2.24, 2.45) is 11.3 Å². The van der Waals surface area contributed by atoms with Crippen LogP contribution in [0.4, 0.5) is 27.8 Å². The van der Waals surface area contributed by atoms with Crippen LogP contribution in [0.15, 0.2) is 24.4 Å². The van der Waals surface area contributed by atoms with E-state index in [0.717, 1.165) is 12.1 Å². The number of hydrazine groups is 1. The molecule has 1 saturated carbocycles. The van der Waals surface area contributed by atoms with Crippen molar-refractivity contribution < 1.29 is 36.5 Å². The maximum atomic E-state index is 16.8. The average Bonchev–Trinajstić information content (AvgIpc) is 3.57. The SMILES string of the molecule is C#Cc1c(F)ccc2c1C(c1c(F)cc3c(N4CCOCC(C)(O)C4)nc(OCC4(CN(C)C)CC4(F)F)nc3c1F)=CN(N)C2. The van der Waals surface area contributed by atoms with Crippen LogP contribution in [0, 0.1) is 35.2 Å². The molecule has 2 fully saturated rings. The van der Waals surface area contributed by atoms with E-state index in [1.165, 1.54) is 17.3 Å². The summed E-state index contributed by atoms with van der Waals surface area (Å²) < 4.78 is 88.1. The first kappa shape index (κ1) is 31.9. The highest BCUT2D eigenvalue weighted by atomic mass is 19.3. The van der Waals surface area contributed by atoms with E-state index < -0.39 is 59.0 Å². The third kappa shape index (κ3) is 5.62. The third-order valence-electron chi connectivity index (χ3n) is 8.47. The zero-order chi connectivity index (χ0) is 33.2. The van der Waals surface area contributed by atoms with Crippen LogP contribution in [-0.2, 0) is 11.3 Å². The van der Waals surface area contributed by atoms with Gasteiger partial charge in [-0.3, -0.25) is 0 Å². The van der Waals surface area contributed by atoms with Gasteiger partial charge in [-0.15, -0.1) is 6.42 Å². The van der Waals surface area contributed by atoms with E-state index >= 15 is 8.78 Å². The van der Waals surface area contributed by atoms with Crippen LogP contribution in [-0.4, -0.2) is 90.1 Å². The maximum Gasteiger partial charge on any atom is 0.319 e. The van der Waals surface area contributed by atoms with Gasteiger partial charge in [-0.1, -0.05) is 12.0 Å². The number of nitrogens with two attached hydrogens (primary N) is 1. The molecule has 2 aromatic carbocycles. The number of alkyl halides is 2. The molecule has 2 unspecified atom stereocenters. The predicted molar refractivity (Wildman–Crippen MR) is 160 cm³/mol. The second-order valence-corrected chi connectivity index (χ2v) is 12.7. The van der Waals surface area contributed by atoms with E-state index in [2.05, 4.69) is 15.9 Å². The fourth-order valence-corrected chi connectivity index (χ4v) is 6.32. The fourth-order valence-electron chi connectivity index (χ4n) is 6.32. The van der Waals surface area contributed by atoms with Crippen molar-refractivity contribution >= 4 is 22.3 Å². The number of nitrogens with zero attached hydrogens (tertiary/aromatic N) is 5. The summed E-state index contributed by atoms with van der Waals surface area (Å²) in [4.78, 5) is 11.9. The summed E-state index contributed by atoms with van der Waals surface area (Å²) in [7, 11) is 3.33. The van der Waals surface area contributed by atoms with Crippen molar-refractivity contribution in [1.82, 2.24) is 19.9 Å². The summed E-state index contributed by atoms with van der Waals surface area (Å²) in [5.41, 5.74) is -3.56. The lowest BCUT2D eigenvalue weighted by molar-refractivity contribution is -0.0123. The van der Waals surface area contributed by atoms with Gasteiger partial charge in [-0.25, -0.2) is 27.8 Å². The van der Waals surface area contributed by atoms with Gasteiger partial charge < -0.3 is 29.4 Å². The minimum Gasteiger partial charge on any atom is -0.463 e. The number of anilines is 1. The first-order valence-corrected chi connectivity index (χ1v) is 14.6. The summed E-state index contributed by atoms with van der Waals surface area (Å²) >= 11 is 0. The lowest BCUT2D eigenvalue weighted by Crippen LogP contribution is -2.42. The predicted octanol–water partition coefficient (Wildman–Crippen LogP) is 3.66. The normalized spacial score (nSPS) is 24.0. The second-order valence-electron chi connectivity index (χ2n) is 12.7. The maximum absolute atomic E-state index is 16.8. The number of aliphatic hydroxyl groups is 1. The summed E-state index contributed by atoms with van der Waals surface area (Å²) in [5, 5.41) is 12.0. The molecule has 0 amide bonds. The number of aromatic nitrogens is 2. The van der Waals surface area contributed by atoms with Crippen molar-refractivity contribution in [3.63, 3.8) is 0 Å². The molecule has 6 rings (SSSR count). The number of halogens is 5. The molecule has 244 valence electrons. The van der Waals surface area contributed by atoms with Gasteiger partial charge in [-0.05, 0) is 38.7 Å². The van der Waals surface area contributed by atoms with Crippen molar-refractivity contribution in [3.05, 3.63) is 64.1 Å². The zero-order valence-electron chi connectivity index (χ0n) is 25.5. The van der Waals surface area contributed by atoms with Gasteiger partial charge >= 0.3 is 6.01 Å². The van der Waals surface area contributed by atoms with E-state index in [9.17, 15) is 18.3 Å². The van der Waals surface area contributed by atoms with Crippen molar-refractivity contribution in [3.8, 4) is 18.4 Å². The third-order valence-corrected chi connectivity index (χ3v) is 8.47. The summed E-state index contributed by atoms with van der Waals surface area (Å²) in [6, 6.07) is 3.21. The smallest absolute Gasteiger partial charge is 0.319 e. The molecule has 14 heteroatoms. The Hall–Kier alpha value is -4.03. The number of rotatable bonds is 7. The Kier molecular flexibility index (Phi) is 7.87. The molecule has 3 heterocycles. The van der Waals surface area contributed by atoms with Gasteiger partial charge in [-0.2, -0.15) is 9.97 Å². The van der Waals surface area contributed by atoms with Crippen molar-refractivity contribution in [1.29, 1.82) is 0 Å². The molecule has 0 spiro atoms. The van der Waals surface area contributed by atoms with Gasteiger partial charge in [0.25, 0.3) is 5.92 Å². The van der Waals surface area contributed by atoms with Crippen LogP contribution < -0.4 is 15.5 Å². The Morgan fingerprint density at radius 3 is 2.59 bits per heavy atom. The number of fused-ring (bicyclic) bond motifs is 2. The van der Waals surface area contributed by atoms with Crippen LogP contribution in [0.2, 0.25) is 0 Å². The van der Waals surface area contributed by atoms with Gasteiger partial charge in [0.15, 0.2) is 5.82 Å². The monoisotopic (exact) mass is 644 g/mol. The lowest BCUT2D eigenvalue weighted by atomic mass is 9.87. The number of hydrogen-bond donors (Lipinski definition) is 2. The number of ether oxygens (including phenoxy) is 2. The molecule has 9 nitrogen and oxygen atoms in total. The Morgan fingerprint density at radius 2 is 1.91 bits per heavy atom. The molecule has 3 aromatic rings. The number of β-amino-alcohol motifs (C(OH)–C–C–N with tert-alkyl or cyclic N) is 1. The minimum absolute atomic E-state index is 0.00209. The lowest BCUT2D eigenvalue weighted by Gasteiger charge is -2.30. The summed E-state index contributed by atoms with van der Waals surface area (Å²) in [6.45, 7) is 1.51. The van der Waals surface area contributed by atoms with Gasteiger partial charge in [0.05, 0.1) is 42.8 Å². The van der Waals surface area contributed by atoms with Crippen molar-refractivity contribution in [2.75, 3.05) is 58.5 Å². The molecule has 0 radical (unpaired) electrons. The largest absolute Gasteiger partial charge is 0.463 e. The Balaban J connectivity index is 1.53. The molecular weight excluding hydrogens is 611 g/mol. The summed E-state index contributed by atoms with van der Waals surface area (Å²) in [6.07, 6.45) is 6.47. The van der Waals surface area contributed by atoms with Gasteiger partial charge in [0.1, 0.15) is 35.2 Å². The topological polar surface area (TPSA) is 100 Å². The standard InChI is InChI=1S/C32H33F5N6O3/c1-5-19-22(33)7-6-18-11-43(38)12-21(24(18)19)25-23(34)10-20-27(26(25)35)39-29(46-17-31(15-41(3)4)13-32(31,36)37)40-28(20)42-8-9-45-16-30(2,44)14-42/h1,6-7,10,12,44H,8-9,11,13-17,38H2,2-4H3. The van der Waals surface area contributed by atoms with Crippen LogP contribution in [0.3, 0.4) is 0 Å². The second kappa shape index (κ2) is 11.3. The van der Waals surface area contributed by atoms with Crippen LogP contribution >= 0.6 is 0 Å². The summed E-state index contributed by atoms with van der Waals surface area (Å²) in [5.74, 6) is 2.41. The first-order valence-electron chi connectivity index (χ1n) is 14.6. The molecule has 3 N–H and O–H groups in total. The molecule has 46 heavy (non-hydrogen) atoms. The Morgan fingerprint density at radius 1 is 1.17 bits per heavy atom. The molecule has 3 aliphatic rings. The first-order chi connectivity index (χ1) is 21.6. The van der Waals surface area contributed by atoms with Gasteiger partial charge in [0.2, 0.25) is 0 Å².